The lowest BCUT2D eigenvalue weighted by molar-refractivity contribution is 0.0982. The average molecular weight is 255 g/mol. The minimum atomic E-state index is -2.98. The molecule has 0 fully saturated rings. The minimum Gasteiger partial charge on any atom is -0.399 e. The summed E-state index contributed by atoms with van der Waals surface area (Å²) in [5.74, 6) is 0.157. The van der Waals surface area contributed by atoms with Gasteiger partial charge in [-0.25, -0.2) is 8.42 Å². The summed E-state index contributed by atoms with van der Waals surface area (Å²) >= 11 is 0. The number of Topliss-reactive ketones (excluding diaryl/α,β-unsaturated/α-hetero) is 1. The van der Waals surface area contributed by atoms with E-state index in [1.54, 1.807) is 31.2 Å². The van der Waals surface area contributed by atoms with Gasteiger partial charge in [-0.05, 0) is 30.7 Å². The molecule has 94 valence electrons. The van der Waals surface area contributed by atoms with E-state index in [9.17, 15) is 13.2 Å². The van der Waals surface area contributed by atoms with Crippen LogP contribution in [0.25, 0.3) is 0 Å². The van der Waals surface area contributed by atoms with Crippen LogP contribution >= 0.6 is 0 Å². The third kappa shape index (κ3) is 4.56. The first-order valence-electron chi connectivity index (χ1n) is 5.54. The van der Waals surface area contributed by atoms with Gasteiger partial charge in [0.05, 0.1) is 5.75 Å². The number of sulfone groups is 1. The van der Waals surface area contributed by atoms with Gasteiger partial charge in [-0.3, -0.25) is 4.79 Å². The molecule has 0 bridgehead atoms. The summed E-state index contributed by atoms with van der Waals surface area (Å²) in [6.45, 7) is 1.61. The highest BCUT2D eigenvalue weighted by atomic mass is 32.2. The Kier molecular flexibility index (Phi) is 4.69. The van der Waals surface area contributed by atoms with E-state index < -0.39 is 9.84 Å². The Morgan fingerprint density at radius 3 is 2.35 bits per heavy atom. The Morgan fingerprint density at radius 1 is 1.24 bits per heavy atom. The summed E-state index contributed by atoms with van der Waals surface area (Å²) in [6, 6.07) is 6.64. The van der Waals surface area contributed by atoms with Crippen LogP contribution in [0.5, 0.6) is 0 Å². The van der Waals surface area contributed by atoms with Gasteiger partial charge in [0.15, 0.2) is 5.78 Å². The molecule has 1 aromatic rings. The second kappa shape index (κ2) is 5.82. The predicted octanol–water partition coefficient (Wildman–Crippen LogP) is 1.67. The molecule has 0 heterocycles. The summed E-state index contributed by atoms with van der Waals surface area (Å²) in [5.41, 5.74) is 6.69. The number of anilines is 1. The molecular formula is C12H17NO3S. The second-order valence-electron chi connectivity index (χ2n) is 3.89. The smallest absolute Gasteiger partial charge is 0.162 e. The summed E-state index contributed by atoms with van der Waals surface area (Å²) in [4.78, 5) is 11.7. The zero-order valence-electron chi connectivity index (χ0n) is 9.85. The van der Waals surface area contributed by atoms with Crippen LogP contribution in [0.2, 0.25) is 0 Å². The van der Waals surface area contributed by atoms with Crippen LogP contribution in [-0.4, -0.2) is 25.7 Å². The van der Waals surface area contributed by atoms with Crippen molar-refractivity contribution < 1.29 is 13.2 Å². The molecule has 2 N–H and O–H groups in total. The average Bonchev–Trinajstić information content (AvgIpc) is 2.29. The van der Waals surface area contributed by atoms with Crippen LogP contribution < -0.4 is 5.73 Å². The highest BCUT2D eigenvalue weighted by Gasteiger charge is 2.10. The molecule has 0 amide bonds. The lowest BCUT2D eigenvalue weighted by Gasteiger charge is -2.02. The topological polar surface area (TPSA) is 77.2 Å². The first-order valence-corrected chi connectivity index (χ1v) is 7.36. The number of nitrogen functional groups attached to an aromatic ring is 1. The fourth-order valence-electron chi connectivity index (χ4n) is 1.41. The van der Waals surface area contributed by atoms with E-state index in [1.807, 2.05) is 0 Å². The molecule has 1 rings (SSSR count). The molecule has 4 nitrogen and oxygen atoms in total. The van der Waals surface area contributed by atoms with Crippen LogP contribution in [0, 0.1) is 0 Å². The normalized spacial score (nSPS) is 11.4. The van der Waals surface area contributed by atoms with Gasteiger partial charge in [-0.2, -0.15) is 0 Å². The van der Waals surface area contributed by atoms with Gasteiger partial charge in [-0.15, -0.1) is 0 Å². The lowest BCUT2D eigenvalue weighted by Crippen LogP contribution is -2.10. The van der Waals surface area contributed by atoms with Crippen molar-refractivity contribution in [2.75, 3.05) is 17.2 Å². The first kappa shape index (κ1) is 13.7. The molecule has 0 spiro atoms. The minimum absolute atomic E-state index is 0.0451. The molecule has 0 aliphatic carbocycles. The molecule has 0 aliphatic rings. The molecule has 0 saturated heterocycles. The van der Waals surface area contributed by atoms with Crippen molar-refractivity contribution in [2.45, 2.75) is 19.8 Å². The van der Waals surface area contributed by atoms with E-state index >= 15 is 0 Å². The Morgan fingerprint density at radius 2 is 1.82 bits per heavy atom. The lowest BCUT2D eigenvalue weighted by atomic mass is 10.1. The third-order valence-electron chi connectivity index (χ3n) is 2.53. The Bertz CT molecular complexity index is 477. The molecule has 1 aromatic carbocycles. The van der Waals surface area contributed by atoms with Crippen molar-refractivity contribution in [1.29, 1.82) is 0 Å². The molecule has 0 aromatic heterocycles. The highest BCUT2D eigenvalue weighted by Crippen LogP contribution is 2.09. The van der Waals surface area contributed by atoms with Crippen molar-refractivity contribution in [3.05, 3.63) is 29.8 Å². The van der Waals surface area contributed by atoms with E-state index in [1.165, 1.54) is 0 Å². The molecule has 5 heteroatoms. The fourth-order valence-corrected chi connectivity index (χ4v) is 2.28. The van der Waals surface area contributed by atoms with Gasteiger partial charge in [0.2, 0.25) is 0 Å². The number of ketones is 1. The number of carbonyl (C=O) groups excluding carboxylic acids is 1. The van der Waals surface area contributed by atoms with Gasteiger partial charge >= 0.3 is 0 Å². The number of nitrogens with two attached hydrogens (primary N) is 1. The maximum absolute atomic E-state index is 11.7. The number of rotatable bonds is 6. The van der Waals surface area contributed by atoms with Gasteiger partial charge in [-0.1, -0.05) is 6.92 Å². The Hall–Kier alpha value is -1.36. The third-order valence-corrected chi connectivity index (χ3v) is 4.32. The summed E-state index contributed by atoms with van der Waals surface area (Å²) in [6.07, 6.45) is 0.628. The molecule has 17 heavy (non-hydrogen) atoms. The van der Waals surface area contributed by atoms with Gasteiger partial charge in [0.1, 0.15) is 9.84 Å². The molecule has 0 saturated carbocycles. The maximum Gasteiger partial charge on any atom is 0.162 e. The molecule has 0 aliphatic heterocycles. The zero-order chi connectivity index (χ0) is 12.9. The summed E-state index contributed by atoms with van der Waals surface area (Å²) in [7, 11) is -2.98. The standard InChI is InChI=1S/C12H17NO3S/c1-2-17(15,16)9-3-4-12(14)10-5-7-11(13)8-6-10/h5-8H,2-4,9,13H2,1H3. The Labute approximate surface area is 102 Å². The number of benzene rings is 1. The quantitative estimate of drug-likeness (QED) is 0.619. The van der Waals surface area contributed by atoms with Crippen LogP contribution in [0.4, 0.5) is 5.69 Å². The second-order valence-corrected chi connectivity index (χ2v) is 6.36. The summed E-state index contributed by atoms with van der Waals surface area (Å²) < 4.78 is 22.5. The fraction of sp³-hybridized carbons (Fsp3) is 0.417. The summed E-state index contributed by atoms with van der Waals surface area (Å²) in [5, 5.41) is 0. The Balaban J connectivity index is 2.48. The van der Waals surface area contributed by atoms with Crippen LogP contribution in [0.1, 0.15) is 30.1 Å². The zero-order valence-corrected chi connectivity index (χ0v) is 10.7. The molecule has 0 unspecified atom stereocenters. The van der Waals surface area contributed by atoms with Crippen molar-refractivity contribution in [3.8, 4) is 0 Å². The van der Waals surface area contributed by atoms with Crippen molar-refractivity contribution in [3.63, 3.8) is 0 Å². The number of carbonyl (C=O) groups is 1. The van der Waals surface area contributed by atoms with Gasteiger partial charge in [0.25, 0.3) is 0 Å². The SMILES string of the molecule is CCS(=O)(=O)CCCC(=O)c1ccc(N)cc1. The number of hydrogen-bond acceptors (Lipinski definition) is 4. The molecular weight excluding hydrogens is 238 g/mol. The van der Waals surface area contributed by atoms with Gasteiger partial charge in [0, 0.05) is 23.4 Å². The van der Waals surface area contributed by atoms with Crippen molar-refractivity contribution in [1.82, 2.24) is 0 Å². The predicted molar refractivity (Wildman–Crippen MR) is 68.7 cm³/mol. The van der Waals surface area contributed by atoms with Crippen molar-refractivity contribution >= 4 is 21.3 Å². The number of hydrogen-bond donors (Lipinski definition) is 1. The van der Waals surface area contributed by atoms with Crippen LogP contribution in [0.15, 0.2) is 24.3 Å². The van der Waals surface area contributed by atoms with E-state index in [2.05, 4.69) is 0 Å². The van der Waals surface area contributed by atoms with E-state index in [-0.39, 0.29) is 23.7 Å². The monoisotopic (exact) mass is 255 g/mol. The highest BCUT2D eigenvalue weighted by molar-refractivity contribution is 7.91. The maximum atomic E-state index is 11.7. The van der Waals surface area contributed by atoms with Crippen LogP contribution in [-0.2, 0) is 9.84 Å². The van der Waals surface area contributed by atoms with E-state index in [0.29, 0.717) is 17.7 Å². The van der Waals surface area contributed by atoms with Crippen LogP contribution in [0.3, 0.4) is 0 Å². The largest absolute Gasteiger partial charge is 0.399 e. The molecule has 0 atom stereocenters. The van der Waals surface area contributed by atoms with Gasteiger partial charge < -0.3 is 5.73 Å². The van der Waals surface area contributed by atoms with E-state index in [4.69, 9.17) is 5.73 Å². The first-order chi connectivity index (χ1) is 7.94. The van der Waals surface area contributed by atoms with E-state index in [0.717, 1.165) is 0 Å². The molecule has 0 radical (unpaired) electrons. The van der Waals surface area contributed by atoms with Crippen molar-refractivity contribution in [2.24, 2.45) is 0 Å².